The van der Waals surface area contributed by atoms with E-state index in [2.05, 4.69) is 10.5 Å². The van der Waals surface area contributed by atoms with Crippen LogP contribution >= 0.6 is 0 Å². The number of amides is 1. The minimum atomic E-state index is -0.172. The number of methoxy groups -OCH3 is 1. The van der Waals surface area contributed by atoms with Gasteiger partial charge < -0.3 is 14.6 Å². The second-order valence-corrected chi connectivity index (χ2v) is 5.62. The number of carbonyl (C=O) groups excluding carboxylic acids is 1. The predicted molar refractivity (Wildman–Crippen MR) is 101 cm³/mol. The Hall–Kier alpha value is -3.02. The van der Waals surface area contributed by atoms with E-state index < -0.39 is 0 Å². The Morgan fingerprint density at radius 2 is 2.00 bits per heavy atom. The van der Waals surface area contributed by atoms with Crippen molar-refractivity contribution in [3.05, 3.63) is 53.6 Å². The van der Waals surface area contributed by atoms with E-state index in [1.807, 2.05) is 31.2 Å². The van der Waals surface area contributed by atoms with Crippen LogP contribution in [0.4, 0.5) is 0 Å². The van der Waals surface area contributed by atoms with E-state index in [-0.39, 0.29) is 11.7 Å². The zero-order valence-electron chi connectivity index (χ0n) is 15.1. The molecule has 0 aromatic heterocycles. The Bertz CT molecular complexity index is 742. The fraction of sp³-hybridized carbons (Fsp3) is 0.300. The largest absolute Gasteiger partial charge is 0.504 e. The molecule has 0 saturated heterocycles. The van der Waals surface area contributed by atoms with Gasteiger partial charge in [-0.15, -0.1) is 0 Å². The molecule has 0 bridgehead atoms. The summed E-state index contributed by atoms with van der Waals surface area (Å²) in [7, 11) is 1.47. The van der Waals surface area contributed by atoms with Gasteiger partial charge in [0.25, 0.3) is 0 Å². The molecular weight excluding hydrogens is 332 g/mol. The number of hydrogen-bond donors (Lipinski definition) is 2. The van der Waals surface area contributed by atoms with Crippen molar-refractivity contribution in [3.8, 4) is 17.2 Å². The first-order chi connectivity index (χ1) is 12.6. The third kappa shape index (κ3) is 5.81. The zero-order chi connectivity index (χ0) is 18.8. The van der Waals surface area contributed by atoms with E-state index >= 15 is 0 Å². The first-order valence-electron chi connectivity index (χ1n) is 8.53. The summed E-state index contributed by atoms with van der Waals surface area (Å²) in [4.78, 5) is 11.8. The number of para-hydroxylation sites is 1. The number of phenolic OH excluding ortho intramolecular Hbond substituents is 1. The molecule has 2 aromatic carbocycles. The molecule has 0 aliphatic carbocycles. The monoisotopic (exact) mass is 356 g/mol. The van der Waals surface area contributed by atoms with Gasteiger partial charge in [0.05, 0.1) is 19.9 Å². The molecule has 6 heteroatoms. The summed E-state index contributed by atoms with van der Waals surface area (Å²) in [6.45, 7) is 2.60. The highest BCUT2D eigenvalue weighted by Crippen LogP contribution is 2.27. The third-order valence-corrected chi connectivity index (χ3v) is 3.75. The van der Waals surface area contributed by atoms with Gasteiger partial charge in [-0.2, -0.15) is 5.10 Å². The van der Waals surface area contributed by atoms with Crippen LogP contribution in [0, 0.1) is 0 Å². The molecule has 0 atom stereocenters. The van der Waals surface area contributed by atoms with Crippen molar-refractivity contribution < 1.29 is 19.4 Å². The molecule has 0 fully saturated rings. The molecule has 2 N–H and O–H groups in total. The van der Waals surface area contributed by atoms with E-state index in [9.17, 15) is 9.90 Å². The van der Waals surface area contributed by atoms with Crippen LogP contribution in [0.2, 0.25) is 0 Å². The minimum absolute atomic E-state index is 0.0106. The Morgan fingerprint density at radius 1 is 1.23 bits per heavy atom. The maximum absolute atomic E-state index is 11.8. The van der Waals surface area contributed by atoms with Gasteiger partial charge in [0.15, 0.2) is 11.5 Å². The van der Waals surface area contributed by atoms with Crippen LogP contribution in [0.25, 0.3) is 0 Å². The van der Waals surface area contributed by atoms with Crippen molar-refractivity contribution in [3.63, 3.8) is 0 Å². The molecule has 26 heavy (non-hydrogen) atoms. The molecule has 0 radical (unpaired) electrons. The SMILES string of the molecule is CCOc1ccc(CCCC(=O)N/N=C\c2cccc(OC)c2O)cc1. The number of phenols is 1. The number of nitrogens with zero attached hydrogens (tertiary/aromatic N) is 1. The summed E-state index contributed by atoms with van der Waals surface area (Å²) in [5, 5.41) is 13.8. The molecule has 2 rings (SSSR count). The van der Waals surface area contributed by atoms with Crippen LogP contribution in [0.3, 0.4) is 0 Å². The van der Waals surface area contributed by atoms with Crippen LogP contribution in [-0.4, -0.2) is 30.9 Å². The number of hydrazone groups is 1. The molecule has 138 valence electrons. The van der Waals surface area contributed by atoms with Crippen molar-refractivity contribution >= 4 is 12.1 Å². The summed E-state index contributed by atoms with van der Waals surface area (Å²) >= 11 is 0. The van der Waals surface area contributed by atoms with Crippen molar-refractivity contribution in [2.45, 2.75) is 26.2 Å². The van der Waals surface area contributed by atoms with Gasteiger partial charge in [-0.3, -0.25) is 4.79 Å². The molecule has 0 heterocycles. The van der Waals surface area contributed by atoms with E-state index in [0.29, 0.717) is 24.3 Å². The first-order valence-corrected chi connectivity index (χ1v) is 8.53. The molecule has 1 amide bonds. The lowest BCUT2D eigenvalue weighted by Gasteiger charge is -2.05. The van der Waals surface area contributed by atoms with Crippen LogP contribution in [0.1, 0.15) is 30.9 Å². The standard InChI is InChI=1S/C20H24N2O4/c1-3-26-17-12-10-15(11-13-17)6-4-9-19(23)22-21-14-16-7-5-8-18(25-2)20(16)24/h5,7-8,10-14,24H,3-4,6,9H2,1-2H3,(H,22,23)/b21-14-. The number of aromatic hydroxyl groups is 1. The molecule has 6 nitrogen and oxygen atoms in total. The Balaban J connectivity index is 1.75. The molecular formula is C20H24N2O4. The average molecular weight is 356 g/mol. The molecule has 0 unspecified atom stereocenters. The molecule has 0 aliphatic rings. The van der Waals surface area contributed by atoms with Crippen LogP contribution < -0.4 is 14.9 Å². The number of nitrogens with one attached hydrogen (secondary N) is 1. The summed E-state index contributed by atoms with van der Waals surface area (Å²) in [6, 6.07) is 12.9. The predicted octanol–water partition coefficient (Wildman–Crippen LogP) is 3.27. The Labute approximate surface area is 153 Å². The fourth-order valence-electron chi connectivity index (χ4n) is 2.41. The molecule has 2 aromatic rings. The number of aryl methyl sites for hydroxylation is 1. The Morgan fingerprint density at radius 3 is 2.69 bits per heavy atom. The lowest BCUT2D eigenvalue weighted by molar-refractivity contribution is -0.121. The van der Waals surface area contributed by atoms with Gasteiger partial charge in [0.2, 0.25) is 5.91 Å². The number of hydrogen-bond acceptors (Lipinski definition) is 5. The van der Waals surface area contributed by atoms with Gasteiger partial charge in [-0.1, -0.05) is 18.2 Å². The maximum Gasteiger partial charge on any atom is 0.240 e. The fourth-order valence-corrected chi connectivity index (χ4v) is 2.41. The number of ether oxygens (including phenoxy) is 2. The smallest absolute Gasteiger partial charge is 0.240 e. The summed E-state index contributed by atoms with van der Waals surface area (Å²) in [6.07, 6.45) is 3.29. The van der Waals surface area contributed by atoms with E-state index in [4.69, 9.17) is 9.47 Å². The van der Waals surface area contributed by atoms with E-state index in [1.165, 1.54) is 13.3 Å². The lowest BCUT2D eigenvalue weighted by Crippen LogP contribution is -2.17. The third-order valence-electron chi connectivity index (χ3n) is 3.75. The van der Waals surface area contributed by atoms with Gasteiger partial charge in [0, 0.05) is 12.0 Å². The van der Waals surface area contributed by atoms with Gasteiger partial charge in [0.1, 0.15) is 5.75 Å². The minimum Gasteiger partial charge on any atom is -0.504 e. The summed E-state index contributed by atoms with van der Waals surface area (Å²) < 4.78 is 10.4. The number of benzene rings is 2. The number of carbonyl (C=O) groups is 1. The first kappa shape index (κ1) is 19.3. The van der Waals surface area contributed by atoms with Crippen molar-refractivity contribution in [2.75, 3.05) is 13.7 Å². The quantitative estimate of drug-likeness (QED) is 0.534. The maximum atomic E-state index is 11.8. The van der Waals surface area contributed by atoms with E-state index in [1.54, 1.807) is 18.2 Å². The van der Waals surface area contributed by atoms with Crippen LogP contribution in [0.5, 0.6) is 17.2 Å². The van der Waals surface area contributed by atoms with Gasteiger partial charge >= 0.3 is 0 Å². The average Bonchev–Trinajstić information content (AvgIpc) is 2.65. The van der Waals surface area contributed by atoms with E-state index in [0.717, 1.165) is 24.2 Å². The molecule has 0 aliphatic heterocycles. The normalized spacial score (nSPS) is 10.7. The van der Waals surface area contributed by atoms with Gasteiger partial charge in [-0.05, 0) is 49.6 Å². The van der Waals surface area contributed by atoms with Crippen molar-refractivity contribution in [2.24, 2.45) is 5.10 Å². The van der Waals surface area contributed by atoms with Crippen LogP contribution in [0.15, 0.2) is 47.6 Å². The van der Waals surface area contributed by atoms with Gasteiger partial charge in [-0.25, -0.2) is 5.43 Å². The molecule has 0 saturated carbocycles. The topological polar surface area (TPSA) is 80.2 Å². The van der Waals surface area contributed by atoms with Crippen LogP contribution in [-0.2, 0) is 11.2 Å². The highest BCUT2D eigenvalue weighted by molar-refractivity contribution is 5.86. The molecule has 0 spiro atoms. The highest BCUT2D eigenvalue weighted by Gasteiger charge is 2.05. The zero-order valence-corrected chi connectivity index (χ0v) is 15.1. The van der Waals surface area contributed by atoms with Crippen molar-refractivity contribution in [1.29, 1.82) is 0 Å². The Kier molecular flexibility index (Phi) is 7.49. The second-order valence-electron chi connectivity index (χ2n) is 5.62. The van der Waals surface area contributed by atoms with Crippen molar-refractivity contribution in [1.82, 2.24) is 5.43 Å². The summed E-state index contributed by atoms with van der Waals surface area (Å²) in [5.74, 6) is 1.03. The number of rotatable bonds is 9. The lowest BCUT2D eigenvalue weighted by atomic mass is 10.1. The summed E-state index contributed by atoms with van der Waals surface area (Å²) in [5.41, 5.74) is 4.10. The highest BCUT2D eigenvalue weighted by atomic mass is 16.5. The second kappa shape index (κ2) is 10.1.